The zero-order chi connectivity index (χ0) is 35.0. The van der Waals surface area contributed by atoms with Crippen LogP contribution >= 0.6 is 11.6 Å². The first-order valence-corrected chi connectivity index (χ1v) is 17.2. The van der Waals surface area contributed by atoms with Gasteiger partial charge in [-0.05, 0) is 95.8 Å². The van der Waals surface area contributed by atoms with Crippen molar-refractivity contribution in [2.45, 2.75) is 85.6 Å². The fraction of sp³-hybridized carbons (Fsp3) is 0.541. The highest BCUT2D eigenvalue weighted by molar-refractivity contribution is 6.61. The number of likely N-dealkylation sites (N-methyl/N-ethyl adjacent to an activating group) is 1. The average Bonchev–Trinajstić information content (AvgIpc) is 3.35. The predicted molar refractivity (Wildman–Crippen MR) is 193 cm³/mol. The molecule has 0 saturated carbocycles. The molecule has 2 aromatic carbocycles. The van der Waals surface area contributed by atoms with Gasteiger partial charge in [-0.15, -0.1) is 0 Å². The van der Waals surface area contributed by atoms with Crippen molar-refractivity contribution < 1.29 is 28.6 Å². The topological polar surface area (TPSA) is 99.1 Å². The Morgan fingerprint density at radius 2 is 1.70 bits per heavy atom. The smallest absolute Gasteiger partial charge is 0.411 e. The number of halogens is 1. The Hall–Kier alpha value is -3.40. The predicted octanol–water partition coefficient (Wildman–Crippen LogP) is 8.98. The molecule has 262 valence electrons. The van der Waals surface area contributed by atoms with Gasteiger partial charge in [-0.2, -0.15) is 0 Å². The SMILES string of the molecule is CC.CCOC(=O)Cl.CCOC(=O)Nc1ccc(CCCC=O)cc1.COCCCn1c(C2CCCN(C)C2)c(C)c2ccccc21. The highest BCUT2D eigenvalue weighted by Crippen LogP contribution is 2.35. The number of anilines is 1. The van der Waals surface area contributed by atoms with Crippen molar-refractivity contribution in [2.24, 2.45) is 0 Å². The number of carbonyl (C=O) groups is 3. The van der Waals surface area contributed by atoms with Crippen molar-refractivity contribution in [1.82, 2.24) is 9.47 Å². The Balaban J connectivity index is 0.000000393. The Morgan fingerprint density at radius 1 is 1.02 bits per heavy atom. The lowest BCUT2D eigenvalue weighted by molar-refractivity contribution is -0.107. The quantitative estimate of drug-likeness (QED) is 0.116. The summed E-state index contributed by atoms with van der Waals surface area (Å²) < 4.78 is 16.8. The maximum Gasteiger partial charge on any atom is 0.411 e. The summed E-state index contributed by atoms with van der Waals surface area (Å²) in [5.74, 6) is 0.661. The van der Waals surface area contributed by atoms with Gasteiger partial charge in [0, 0.05) is 73.0 Å². The molecule has 1 aliphatic heterocycles. The molecule has 2 heterocycles. The molecule has 1 N–H and O–H groups in total. The second kappa shape index (κ2) is 24.7. The number of benzene rings is 2. The van der Waals surface area contributed by atoms with Crippen LogP contribution in [-0.2, 0) is 32.0 Å². The molecular weight excluding hydrogens is 618 g/mol. The average molecular weight is 674 g/mol. The molecule has 0 radical (unpaired) electrons. The molecule has 1 aliphatic rings. The van der Waals surface area contributed by atoms with E-state index in [1.54, 1.807) is 26.7 Å². The molecule has 1 unspecified atom stereocenters. The van der Waals surface area contributed by atoms with Crippen LogP contribution in [0, 0.1) is 6.92 Å². The van der Waals surface area contributed by atoms with E-state index in [1.807, 2.05) is 38.1 Å². The van der Waals surface area contributed by atoms with Crippen molar-refractivity contribution in [1.29, 1.82) is 0 Å². The molecule has 1 aromatic heterocycles. The number of aryl methyl sites for hydroxylation is 3. The van der Waals surface area contributed by atoms with E-state index in [9.17, 15) is 14.4 Å². The minimum Gasteiger partial charge on any atom is -0.454 e. The summed E-state index contributed by atoms with van der Waals surface area (Å²) >= 11 is 4.72. The van der Waals surface area contributed by atoms with Gasteiger partial charge in [0.2, 0.25) is 0 Å². The van der Waals surface area contributed by atoms with Crippen LogP contribution in [0.3, 0.4) is 0 Å². The number of piperidine rings is 1. The van der Waals surface area contributed by atoms with Crippen molar-refractivity contribution in [3.63, 3.8) is 0 Å². The molecule has 3 aromatic rings. The van der Waals surface area contributed by atoms with Crippen molar-refractivity contribution in [2.75, 3.05) is 52.4 Å². The van der Waals surface area contributed by atoms with Gasteiger partial charge in [0.15, 0.2) is 0 Å². The van der Waals surface area contributed by atoms with Crippen LogP contribution < -0.4 is 5.32 Å². The van der Waals surface area contributed by atoms with Gasteiger partial charge in [0.05, 0.1) is 13.2 Å². The molecule has 9 nitrogen and oxygen atoms in total. The summed E-state index contributed by atoms with van der Waals surface area (Å²) in [5.41, 5.74) is 5.55. The van der Waals surface area contributed by atoms with Crippen LogP contribution in [-0.4, -0.2) is 74.3 Å². The number of aromatic nitrogens is 1. The van der Waals surface area contributed by atoms with Gasteiger partial charge in [0.25, 0.3) is 0 Å². The van der Waals surface area contributed by atoms with Gasteiger partial charge >= 0.3 is 11.5 Å². The van der Waals surface area contributed by atoms with Gasteiger partial charge in [-0.1, -0.05) is 44.2 Å². The molecule has 4 rings (SSSR count). The molecule has 1 amide bonds. The summed E-state index contributed by atoms with van der Waals surface area (Å²) in [5, 5.41) is 4.04. The minimum absolute atomic E-state index is 0.350. The normalized spacial score (nSPS) is 13.9. The number of hydrogen-bond donors (Lipinski definition) is 1. The van der Waals surface area contributed by atoms with Crippen LogP contribution in [0.2, 0.25) is 0 Å². The molecule has 1 atom stereocenters. The van der Waals surface area contributed by atoms with E-state index in [4.69, 9.17) is 21.1 Å². The number of fused-ring (bicyclic) bond motifs is 1. The lowest BCUT2D eigenvalue weighted by Crippen LogP contribution is -2.32. The fourth-order valence-corrected chi connectivity index (χ4v) is 5.67. The number of nitrogens with zero attached hydrogens (tertiary/aromatic N) is 2. The van der Waals surface area contributed by atoms with Crippen LogP contribution in [0.4, 0.5) is 15.3 Å². The molecule has 0 spiro atoms. The Kier molecular flexibility index (Phi) is 21.9. The number of hydrogen-bond acceptors (Lipinski definition) is 7. The number of ether oxygens (including phenoxy) is 3. The zero-order valence-corrected chi connectivity index (χ0v) is 30.2. The van der Waals surface area contributed by atoms with E-state index in [0.717, 1.165) is 44.3 Å². The third-order valence-corrected chi connectivity index (χ3v) is 7.65. The first-order valence-electron chi connectivity index (χ1n) is 16.8. The van der Waals surface area contributed by atoms with E-state index < -0.39 is 11.5 Å². The Labute approximate surface area is 286 Å². The number of unbranched alkanes of at least 4 members (excludes halogenated alkanes) is 1. The number of nitrogens with one attached hydrogen (secondary N) is 1. The third kappa shape index (κ3) is 15.4. The highest BCUT2D eigenvalue weighted by atomic mass is 35.5. The lowest BCUT2D eigenvalue weighted by atomic mass is 9.92. The number of carbonyl (C=O) groups excluding carboxylic acids is 3. The second-order valence-corrected chi connectivity index (χ2v) is 11.2. The maximum atomic E-state index is 11.1. The largest absolute Gasteiger partial charge is 0.454 e. The number of rotatable bonds is 12. The van der Waals surface area contributed by atoms with Crippen molar-refractivity contribution in [3.8, 4) is 0 Å². The lowest BCUT2D eigenvalue weighted by Gasteiger charge is -2.31. The van der Waals surface area contributed by atoms with Gasteiger partial charge in [-0.3, -0.25) is 5.32 Å². The van der Waals surface area contributed by atoms with Gasteiger partial charge < -0.3 is 28.5 Å². The minimum atomic E-state index is -0.738. The summed E-state index contributed by atoms with van der Waals surface area (Å²) in [6, 6.07) is 16.4. The summed E-state index contributed by atoms with van der Waals surface area (Å²) in [4.78, 5) is 33.4. The number of amides is 1. The molecule has 0 bridgehead atoms. The van der Waals surface area contributed by atoms with E-state index >= 15 is 0 Å². The van der Waals surface area contributed by atoms with E-state index in [1.165, 1.54) is 42.4 Å². The van der Waals surface area contributed by atoms with E-state index in [2.05, 4.69) is 57.8 Å². The maximum absolute atomic E-state index is 11.1. The molecule has 47 heavy (non-hydrogen) atoms. The monoisotopic (exact) mass is 673 g/mol. The van der Waals surface area contributed by atoms with Gasteiger partial charge in [0.1, 0.15) is 6.29 Å². The number of para-hydroxylation sites is 1. The van der Waals surface area contributed by atoms with Crippen molar-refractivity contribution >= 4 is 46.0 Å². The Bertz CT molecular complexity index is 1310. The molecule has 1 saturated heterocycles. The van der Waals surface area contributed by atoms with Crippen LogP contribution in [0.15, 0.2) is 48.5 Å². The summed E-state index contributed by atoms with van der Waals surface area (Å²) in [7, 11) is 4.04. The zero-order valence-electron chi connectivity index (χ0n) is 29.5. The van der Waals surface area contributed by atoms with Gasteiger partial charge in [-0.25, -0.2) is 9.59 Å². The molecule has 0 aliphatic carbocycles. The van der Waals surface area contributed by atoms with Crippen LogP contribution in [0.1, 0.15) is 82.5 Å². The van der Waals surface area contributed by atoms with E-state index in [0.29, 0.717) is 31.2 Å². The van der Waals surface area contributed by atoms with Crippen LogP contribution in [0.25, 0.3) is 10.9 Å². The third-order valence-electron chi connectivity index (χ3n) is 7.54. The molecule has 10 heteroatoms. The van der Waals surface area contributed by atoms with E-state index in [-0.39, 0.29) is 0 Å². The molecule has 1 fully saturated rings. The first kappa shape index (κ1) is 41.6. The molecular formula is C37H56ClN3O6. The highest BCUT2D eigenvalue weighted by Gasteiger charge is 2.25. The van der Waals surface area contributed by atoms with Crippen LogP contribution in [0.5, 0.6) is 0 Å². The fourth-order valence-electron chi connectivity index (χ4n) is 5.56. The summed E-state index contributed by atoms with van der Waals surface area (Å²) in [6.45, 7) is 14.8. The standard InChI is InChI=1S/C19H28N2O.C13H17NO3.C3H5ClO2.C2H6/c1-15-17-9-4-5-10-18(17)21(12-7-13-22-3)19(15)16-8-6-11-20(2)14-16;1-2-17-13(16)14-12-8-6-11(7-9-12)5-3-4-10-15;1-2-6-3(4)5;1-2/h4-5,9-10,16H,6-8,11-14H2,1-3H3;6-10H,2-5H2,1H3,(H,14,16);2H2,1H3;1-2H3. The Morgan fingerprint density at radius 3 is 2.28 bits per heavy atom. The number of methoxy groups -OCH3 is 1. The first-order chi connectivity index (χ1) is 22.7. The van der Waals surface area contributed by atoms with Crippen molar-refractivity contribution in [3.05, 3.63) is 65.4 Å². The number of aldehydes is 1. The summed E-state index contributed by atoms with van der Waals surface area (Å²) in [6.07, 6.45) is 6.49. The number of likely N-dealkylation sites (tertiary alicyclic amines) is 1. The second-order valence-electron chi connectivity index (χ2n) is 10.9.